The summed E-state index contributed by atoms with van der Waals surface area (Å²) in [6, 6.07) is 5.61. The first kappa shape index (κ1) is 14.6. The van der Waals surface area contributed by atoms with Crippen molar-refractivity contribution in [2.45, 2.75) is 6.42 Å². The molecular formula is C14H12BrN5O2S. The number of aromatic nitrogens is 4. The van der Waals surface area contributed by atoms with Crippen molar-refractivity contribution >= 4 is 37.4 Å². The number of anilines is 1. The zero-order valence-corrected chi connectivity index (χ0v) is 14.3. The minimum Gasteiger partial charge on any atom is -0.293 e. The summed E-state index contributed by atoms with van der Waals surface area (Å²) in [6.45, 7) is 0.458. The van der Waals surface area contributed by atoms with Gasteiger partial charge in [0.2, 0.25) is 10.0 Å². The Hall–Kier alpha value is -2.00. The lowest BCUT2D eigenvalue weighted by atomic mass is 10.3. The smallest absolute Gasteiger partial charge is 0.236 e. The maximum atomic E-state index is 12.1. The van der Waals surface area contributed by atoms with Crippen LogP contribution in [0.3, 0.4) is 0 Å². The molecule has 0 N–H and O–H groups in total. The molecule has 118 valence electrons. The Morgan fingerprint density at radius 1 is 1.17 bits per heavy atom. The second-order valence-corrected chi connectivity index (χ2v) is 8.03. The van der Waals surface area contributed by atoms with Crippen molar-refractivity contribution in [1.82, 2.24) is 19.4 Å². The first-order valence-corrected chi connectivity index (χ1v) is 9.41. The average Bonchev–Trinajstić information content (AvgIpc) is 3.09. The number of hydrogen-bond donors (Lipinski definition) is 0. The van der Waals surface area contributed by atoms with Gasteiger partial charge in [-0.05, 0) is 34.5 Å². The molecule has 0 saturated carbocycles. The molecule has 4 rings (SSSR count). The molecule has 0 aliphatic carbocycles. The number of pyridine rings is 1. The quantitative estimate of drug-likeness (QED) is 0.622. The number of rotatable bonds is 2. The molecule has 9 heteroatoms. The summed E-state index contributed by atoms with van der Waals surface area (Å²) in [7, 11) is -3.26. The van der Waals surface area contributed by atoms with E-state index in [0.717, 1.165) is 16.0 Å². The Morgan fingerprint density at radius 3 is 2.78 bits per heavy atom. The van der Waals surface area contributed by atoms with Gasteiger partial charge in [-0.3, -0.25) is 8.71 Å². The number of nitrogens with zero attached hydrogens (tertiary/aromatic N) is 5. The highest BCUT2D eigenvalue weighted by atomic mass is 79.9. The van der Waals surface area contributed by atoms with Crippen LogP contribution in [0.1, 0.15) is 6.42 Å². The second-order valence-electron chi connectivity index (χ2n) is 5.20. The zero-order chi connectivity index (χ0) is 16.0. The van der Waals surface area contributed by atoms with E-state index >= 15 is 0 Å². The SMILES string of the molecule is O=S1(=O)CCCN1c1cn2c(-c3cccc(Br)n3)cnc2cn1. The van der Waals surface area contributed by atoms with E-state index in [1.54, 1.807) is 18.6 Å². The minimum atomic E-state index is -3.26. The lowest BCUT2D eigenvalue weighted by Gasteiger charge is -2.15. The highest BCUT2D eigenvalue weighted by Crippen LogP contribution is 2.25. The van der Waals surface area contributed by atoms with Crippen LogP contribution in [0.2, 0.25) is 0 Å². The molecule has 1 saturated heterocycles. The van der Waals surface area contributed by atoms with E-state index in [9.17, 15) is 8.42 Å². The van der Waals surface area contributed by atoms with Crippen LogP contribution in [0.5, 0.6) is 0 Å². The summed E-state index contributed by atoms with van der Waals surface area (Å²) >= 11 is 3.35. The molecular weight excluding hydrogens is 382 g/mol. The summed E-state index contributed by atoms with van der Waals surface area (Å²) < 4.78 is 28.0. The lowest BCUT2D eigenvalue weighted by molar-refractivity contribution is 0.599. The van der Waals surface area contributed by atoms with Gasteiger partial charge in [0.05, 0.1) is 35.7 Å². The Balaban J connectivity index is 1.87. The van der Waals surface area contributed by atoms with Crippen molar-refractivity contribution in [3.8, 4) is 11.4 Å². The molecule has 7 nitrogen and oxygen atoms in total. The van der Waals surface area contributed by atoms with Crippen LogP contribution >= 0.6 is 15.9 Å². The Morgan fingerprint density at radius 2 is 2.04 bits per heavy atom. The van der Waals surface area contributed by atoms with Crippen molar-refractivity contribution in [3.63, 3.8) is 0 Å². The third kappa shape index (κ3) is 2.49. The van der Waals surface area contributed by atoms with E-state index < -0.39 is 10.0 Å². The first-order valence-electron chi connectivity index (χ1n) is 7.01. The summed E-state index contributed by atoms with van der Waals surface area (Å²) in [5.41, 5.74) is 2.16. The molecule has 0 amide bonds. The predicted octanol–water partition coefficient (Wildman–Crippen LogP) is 2.09. The number of halogens is 1. The number of sulfonamides is 1. The van der Waals surface area contributed by atoms with Crippen LogP contribution in [0.25, 0.3) is 17.0 Å². The first-order chi connectivity index (χ1) is 11.0. The normalized spacial score (nSPS) is 17.0. The van der Waals surface area contributed by atoms with E-state index in [0.29, 0.717) is 24.4 Å². The van der Waals surface area contributed by atoms with Gasteiger partial charge in [-0.2, -0.15) is 0 Å². The van der Waals surface area contributed by atoms with Crippen molar-refractivity contribution < 1.29 is 8.42 Å². The molecule has 23 heavy (non-hydrogen) atoms. The van der Waals surface area contributed by atoms with Crippen LogP contribution in [0.4, 0.5) is 5.82 Å². The largest absolute Gasteiger partial charge is 0.293 e. The molecule has 0 aromatic carbocycles. The number of fused-ring (bicyclic) bond motifs is 1. The molecule has 1 aliphatic rings. The standard InChI is InChI=1S/C14H12BrN5O2S/c15-12-4-1-3-10(18-12)11-7-16-13-8-17-14(9-19(11)13)20-5-2-6-23(20,21)22/h1,3-4,7-9H,2,5-6H2. The van der Waals surface area contributed by atoms with Crippen LogP contribution in [0.15, 0.2) is 41.4 Å². The molecule has 0 spiro atoms. The fourth-order valence-corrected chi connectivity index (χ4v) is 4.49. The summed E-state index contributed by atoms with van der Waals surface area (Å²) in [6.07, 6.45) is 5.59. The molecule has 4 heterocycles. The van der Waals surface area contributed by atoms with E-state index in [-0.39, 0.29) is 5.75 Å². The highest BCUT2D eigenvalue weighted by molar-refractivity contribution is 9.10. The van der Waals surface area contributed by atoms with Crippen LogP contribution in [-0.2, 0) is 10.0 Å². The van der Waals surface area contributed by atoms with E-state index in [2.05, 4.69) is 30.9 Å². The predicted molar refractivity (Wildman–Crippen MR) is 89.7 cm³/mol. The Kier molecular flexibility index (Phi) is 3.34. The molecule has 3 aromatic rings. The van der Waals surface area contributed by atoms with Gasteiger partial charge in [0.25, 0.3) is 0 Å². The van der Waals surface area contributed by atoms with Crippen molar-refractivity contribution in [2.24, 2.45) is 0 Å². The minimum absolute atomic E-state index is 0.163. The monoisotopic (exact) mass is 393 g/mol. The summed E-state index contributed by atoms with van der Waals surface area (Å²) in [4.78, 5) is 13.0. The average molecular weight is 394 g/mol. The van der Waals surface area contributed by atoms with Gasteiger partial charge in [-0.15, -0.1) is 0 Å². The molecule has 0 bridgehead atoms. The van der Waals surface area contributed by atoms with E-state index in [4.69, 9.17) is 0 Å². The van der Waals surface area contributed by atoms with Gasteiger partial charge in [-0.25, -0.2) is 23.4 Å². The van der Waals surface area contributed by atoms with Crippen LogP contribution in [0, 0.1) is 0 Å². The molecule has 1 aliphatic heterocycles. The maximum absolute atomic E-state index is 12.1. The van der Waals surface area contributed by atoms with Crippen molar-refractivity contribution in [2.75, 3.05) is 16.6 Å². The number of imidazole rings is 1. The lowest BCUT2D eigenvalue weighted by Crippen LogP contribution is -2.26. The molecule has 0 radical (unpaired) electrons. The topological polar surface area (TPSA) is 80.5 Å². The summed E-state index contributed by atoms with van der Waals surface area (Å²) in [5.74, 6) is 0.570. The summed E-state index contributed by atoms with van der Waals surface area (Å²) in [5, 5.41) is 0. The fourth-order valence-electron chi connectivity index (χ4n) is 2.65. The van der Waals surface area contributed by atoms with Crippen LogP contribution < -0.4 is 4.31 Å². The molecule has 3 aromatic heterocycles. The maximum Gasteiger partial charge on any atom is 0.236 e. The second kappa shape index (κ2) is 5.27. The fraction of sp³-hybridized carbons (Fsp3) is 0.214. The molecule has 0 atom stereocenters. The third-order valence-electron chi connectivity index (χ3n) is 3.71. The van der Waals surface area contributed by atoms with Gasteiger partial charge >= 0.3 is 0 Å². The van der Waals surface area contributed by atoms with Gasteiger partial charge in [0, 0.05) is 6.54 Å². The van der Waals surface area contributed by atoms with Gasteiger partial charge in [-0.1, -0.05) is 6.07 Å². The molecule has 1 fully saturated rings. The molecule has 0 unspecified atom stereocenters. The van der Waals surface area contributed by atoms with Gasteiger partial charge < -0.3 is 0 Å². The Bertz CT molecular complexity index is 1000. The zero-order valence-electron chi connectivity index (χ0n) is 11.9. The third-order valence-corrected chi connectivity index (χ3v) is 6.00. The van der Waals surface area contributed by atoms with Crippen LogP contribution in [-0.4, -0.2) is 40.1 Å². The van der Waals surface area contributed by atoms with Crippen molar-refractivity contribution in [3.05, 3.63) is 41.4 Å². The van der Waals surface area contributed by atoms with Crippen molar-refractivity contribution in [1.29, 1.82) is 0 Å². The Labute approximate surface area is 141 Å². The van der Waals surface area contributed by atoms with E-state index in [1.807, 2.05) is 22.6 Å². The van der Waals surface area contributed by atoms with Gasteiger partial charge in [0.15, 0.2) is 11.5 Å². The van der Waals surface area contributed by atoms with Gasteiger partial charge in [0.1, 0.15) is 4.60 Å². The highest BCUT2D eigenvalue weighted by Gasteiger charge is 2.29. The number of hydrogen-bond acceptors (Lipinski definition) is 5. The van der Waals surface area contributed by atoms with E-state index in [1.165, 1.54) is 4.31 Å².